The minimum absolute atomic E-state index is 0.897. The van der Waals surface area contributed by atoms with E-state index in [4.69, 9.17) is 11.6 Å². The molecule has 0 atom stereocenters. The van der Waals surface area contributed by atoms with Crippen LogP contribution in [0, 0.1) is 6.92 Å². The maximum Gasteiger partial charge on any atom is 0.0453 e. The van der Waals surface area contributed by atoms with Gasteiger partial charge in [-0.3, -0.25) is 4.90 Å². The first-order valence-electron chi connectivity index (χ1n) is 5.44. The second kappa shape index (κ2) is 4.97. The van der Waals surface area contributed by atoms with Gasteiger partial charge in [0, 0.05) is 37.7 Å². The predicted molar refractivity (Wildman–Crippen MR) is 64.3 cm³/mol. The number of nitrogens with one attached hydrogen (secondary N) is 1. The number of halogens is 1. The average Bonchev–Trinajstić information content (AvgIpc) is 2.25. The lowest BCUT2D eigenvalue weighted by Crippen LogP contribution is -2.43. The molecule has 15 heavy (non-hydrogen) atoms. The normalized spacial score (nSPS) is 18.0. The molecule has 2 rings (SSSR count). The number of nitrogens with zero attached hydrogens (tertiary/aromatic N) is 1. The Morgan fingerprint density at radius 3 is 2.73 bits per heavy atom. The van der Waals surface area contributed by atoms with Gasteiger partial charge in [-0.15, -0.1) is 0 Å². The number of aryl methyl sites for hydroxylation is 1. The lowest BCUT2D eigenvalue weighted by atomic mass is 10.1. The van der Waals surface area contributed by atoms with Crippen molar-refractivity contribution >= 4 is 11.6 Å². The summed E-state index contributed by atoms with van der Waals surface area (Å²) in [4.78, 5) is 2.45. The van der Waals surface area contributed by atoms with Gasteiger partial charge in [0.2, 0.25) is 0 Å². The number of hydrogen-bond acceptors (Lipinski definition) is 2. The van der Waals surface area contributed by atoms with E-state index in [1.807, 2.05) is 12.1 Å². The molecular weight excluding hydrogens is 208 g/mol. The van der Waals surface area contributed by atoms with E-state index in [1.54, 1.807) is 0 Å². The lowest BCUT2D eigenvalue weighted by Gasteiger charge is -2.28. The maximum atomic E-state index is 6.21. The topological polar surface area (TPSA) is 15.3 Å². The Balaban J connectivity index is 2.09. The number of piperazine rings is 1. The molecule has 82 valence electrons. The highest BCUT2D eigenvalue weighted by Crippen LogP contribution is 2.21. The molecule has 0 bridgehead atoms. The van der Waals surface area contributed by atoms with Gasteiger partial charge in [-0.25, -0.2) is 0 Å². The van der Waals surface area contributed by atoms with Gasteiger partial charge in [0.25, 0.3) is 0 Å². The molecule has 0 saturated carbocycles. The smallest absolute Gasteiger partial charge is 0.0453 e. The zero-order valence-corrected chi connectivity index (χ0v) is 9.85. The van der Waals surface area contributed by atoms with Crippen LogP contribution in [0.5, 0.6) is 0 Å². The van der Waals surface area contributed by atoms with Crippen molar-refractivity contribution < 1.29 is 0 Å². The molecule has 0 aromatic heterocycles. The van der Waals surface area contributed by atoms with Crippen molar-refractivity contribution in [3.63, 3.8) is 0 Å². The average molecular weight is 225 g/mol. The summed E-state index contributed by atoms with van der Waals surface area (Å²) in [6, 6.07) is 6.12. The number of benzene rings is 1. The molecule has 0 unspecified atom stereocenters. The molecule has 1 aliphatic heterocycles. The summed E-state index contributed by atoms with van der Waals surface area (Å²) in [6.07, 6.45) is 0. The van der Waals surface area contributed by atoms with Crippen LogP contribution in [0.25, 0.3) is 0 Å². The van der Waals surface area contributed by atoms with Crippen LogP contribution in [0.2, 0.25) is 5.02 Å². The van der Waals surface area contributed by atoms with Crippen molar-refractivity contribution in [2.45, 2.75) is 13.5 Å². The maximum absolute atomic E-state index is 6.21. The van der Waals surface area contributed by atoms with Crippen molar-refractivity contribution in [3.8, 4) is 0 Å². The third-order valence-corrected chi connectivity index (χ3v) is 3.30. The van der Waals surface area contributed by atoms with E-state index >= 15 is 0 Å². The van der Waals surface area contributed by atoms with Gasteiger partial charge >= 0.3 is 0 Å². The number of rotatable bonds is 2. The summed E-state index contributed by atoms with van der Waals surface area (Å²) in [5.41, 5.74) is 2.57. The van der Waals surface area contributed by atoms with E-state index in [9.17, 15) is 0 Å². The van der Waals surface area contributed by atoms with E-state index in [-0.39, 0.29) is 0 Å². The summed E-state index contributed by atoms with van der Waals surface area (Å²) in [7, 11) is 0. The summed E-state index contributed by atoms with van der Waals surface area (Å²) in [5, 5.41) is 4.25. The lowest BCUT2D eigenvalue weighted by molar-refractivity contribution is 0.233. The zero-order chi connectivity index (χ0) is 10.7. The van der Waals surface area contributed by atoms with Gasteiger partial charge in [-0.1, -0.05) is 23.7 Å². The molecule has 1 N–H and O–H groups in total. The van der Waals surface area contributed by atoms with E-state index < -0.39 is 0 Å². The first-order valence-corrected chi connectivity index (χ1v) is 5.82. The highest BCUT2D eigenvalue weighted by atomic mass is 35.5. The standard InChI is InChI=1S/C12H17ClN2/c1-10-3-2-4-12(13)11(10)9-15-7-5-14-6-8-15/h2-4,14H,5-9H2,1H3. The summed E-state index contributed by atoms with van der Waals surface area (Å²) in [5.74, 6) is 0. The van der Waals surface area contributed by atoms with Crippen LogP contribution in [0.3, 0.4) is 0 Å². The molecule has 1 heterocycles. The van der Waals surface area contributed by atoms with Crippen LogP contribution in [-0.4, -0.2) is 31.1 Å². The van der Waals surface area contributed by atoms with Crippen LogP contribution < -0.4 is 5.32 Å². The summed E-state index contributed by atoms with van der Waals surface area (Å²) in [6.45, 7) is 7.51. The van der Waals surface area contributed by atoms with E-state index in [0.29, 0.717) is 0 Å². The molecule has 1 aromatic carbocycles. The Morgan fingerprint density at radius 2 is 2.07 bits per heavy atom. The Kier molecular flexibility index (Phi) is 3.62. The largest absolute Gasteiger partial charge is 0.314 e. The minimum Gasteiger partial charge on any atom is -0.314 e. The van der Waals surface area contributed by atoms with Crippen LogP contribution in [0.15, 0.2) is 18.2 Å². The first-order chi connectivity index (χ1) is 7.27. The zero-order valence-electron chi connectivity index (χ0n) is 9.09. The molecule has 0 radical (unpaired) electrons. The van der Waals surface area contributed by atoms with Crippen LogP contribution >= 0.6 is 11.6 Å². The quantitative estimate of drug-likeness (QED) is 0.828. The third-order valence-electron chi connectivity index (χ3n) is 2.94. The minimum atomic E-state index is 0.897. The fourth-order valence-electron chi connectivity index (χ4n) is 1.96. The van der Waals surface area contributed by atoms with Crippen molar-refractivity contribution in [2.75, 3.05) is 26.2 Å². The van der Waals surface area contributed by atoms with Gasteiger partial charge in [0.05, 0.1) is 0 Å². The molecule has 1 fully saturated rings. The molecule has 2 nitrogen and oxygen atoms in total. The van der Waals surface area contributed by atoms with Crippen molar-refractivity contribution in [3.05, 3.63) is 34.3 Å². The van der Waals surface area contributed by atoms with E-state index in [2.05, 4.69) is 23.2 Å². The van der Waals surface area contributed by atoms with Gasteiger partial charge in [-0.05, 0) is 24.1 Å². The van der Waals surface area contributed by atoms with Gasteiger partial charge in [0.15, 0.2) is 0 Å². The highest BCUT2D eigenvalue weighted by Gasteiger charge is 2.12. The van der Waals surface area contributed by atoms with Crippen molar-refractivity contribution in [1.29, 1.82) is 0 Å². The Bertz CT molecular complexity index is 312. The molecule has 0 spiro atoms. The summed E-state index contributed by atoms with van der Waals surface area (Å²) >= 11 is 6.21. The Labute approximate surface area is 96.2 Å². The molecule has 0 aliphatic carbocycles. The molecule has 3 heteroatoms. The predicted octanol–water partition coefficient (Wildman–Crippen LogP) is 2.05. The van der Waals surface area contributed by atoms with E-state index in [0.717, 1.165) is 37.7 Å². The van der Waals surface area contributed by atoms with Crippen LogP contribution in [0.4, 0.5) is 0 Å². The van der Waals surface area contributed by atoms with E-state index in [1.165, 1.54) is 11.1 Å². The Hall–Kier alpha value is -0.570. The molecular formula is C12H17ClN2. The fourth-order valence-corrected chi connectivity index (χ4v) is 2.24. The molecule has 1 aromatic rings. The second-order valence-electron chi connectivity index (χ2n) is 4.06. The second-order valence-corrected chi connectivity index (χ2v) is 4.47. The SMILES string of the molecule is Cc1cccc(Cl)c1CN1CCNCC1. The summed E-state index contributed by atoms with van der Waals surface area (Å²) < 4.78 is 0. The van der Waals surface area contributed by atoms with Crippen molar-refractivity contribution in [2.24, 2.45) is 0 Å². The number of hydrogen-bond donors (Lipinski definition) is 1. The van der Waals surface area contributed by atoms with Crippen LogP contribution in [-0.2, 0) is 6.54 Å². The fraction of sp³-hybridized carbons (Fsp3) is 0.500. The Morgan fingerprint density at radius 1 is 1.33 bits per heavy atom. The first kappa shape index (κ1) is 10.9. The third kappa shape index (κ3) is 2.71. The highest BCUT2D eigenvalue weighted by molar-refractivity contribution is 6.31. The molecule has 1 saturated heterocycles. The molecule has 0 amide bonds. The van der Waals surface area contributed by atoms with Gasteiger partial charge < -0.3 is 5.32 Å². The molecule has 1 aliphatic rings. The van der Waals surface area contributed by atoms with Gasteiger partial charge in [-0.2, -0.15) is 0 Å². The van der Waals surface area contributed by atoms with Gasteiger partial charge in [0.1, 0.15) is 0 Å². The monoisotopic (exact) mass is 224 g/mol. The van der Waals surface area contributed by atoms with Crippen molar-refractivity contribution in [1.82, 2.24) is 10.2 Å². The van der Waals surface area contributed by atoms with Crippen LogP contribution in [0.1, 0.15) is 11.1 Å².